The quantitative estimate of drug-likeness (QED) is 0.0666. The van der Waals surface area contributed by atoms with Crippen molar-refractivity contribution >= 4 is 59.0 Å². The van der Waals surface area contributed by atoms with E-state index in [2.05, 4.69) is 21.2 Å². The zero-order valence-corrected chi connectivity index (χ0v) is 22.2. The van der Waals surface area contributed by atoms with Crippen molar-refractivity contribution in [3.63, 3.8) is 0 Å². The van der Waals surface area contributed by atoms with Gasteiger partial charge >= 0.3 is 17.8 Å². The number of rotatable bonds is 8. The Labute approximate surface area is 240 Å². The molecular weight excluding hydrogens is 544 g/mol. The first-order valence-electron chi connectivity index (χ1n) is 12.2. The summed E-state index contributed by atoms with van der Waals surface area (Å²) in [6, 6.07) is 28.5. The molecule has 0 bridgehead atoms. The number of esters is 1. The van der Waals surface area contributed by atoms with Crippen molar-refractivity contribution in [3.05, 3.63) is 131 Å². The van der Waals surface area contributed by atoms with Crippen LogP contribution in [0.25, 0.3) is 6.08 Å². The Kier molecular flexibility index (Phi) is 9.73. The van der Waals surface area contributed by atoms with Crippen molar-refractivity contribution in [2.45, 2.75) is 0 Å². The Morgan fingerprint density at radius 3 is 2.12 bits per heavy atom. The minimum atomic E-state index is -1.04. The van der Waals surface area contributed by atoms with E-state index in [-0.39, 0.29) is 11.3 Å². The molecule has 0 unspecified atom stereocenters. The first-order valence-corrected chi connectivity index (χ1v) is 12.6. The molecular formula is C31H23ClN4O5. The molecule has 0 aliphatic carbocycles. The number of nitrogens with one attached hydrogen (secondary N) is 3. The molecule has 4 rings (SSSR count). The van der Waals surface area contributed by atoms with E-state index in [1.54, 1.807) is 66.7 Å². The van der Waals surface area contributed by atoms with Crippen molar-refractivity contribution in [2.75, 3.05) is 10.6 Å². The number of hydrazone groups is 1. The summed E-state index contributed by atoms with van der Waals surface area (Å²) >= 11 is 5.87. The number of benzene rings is 4. The molecule has 0 fully saturated rings. The Hall–Kier alpha value is -5.54. The molecule has 0 aromatic heterocycles. The van der Waals surface area contributed by atoms with Gasteiger partial charge in [0.05, 0.1) is 17.5 Å². The highest BCUT2D eigenvalue weighted by Gasteiger charge is 2.17. The third kappa shape index (κ3) is 8.74. The molecule has 41 heavy (non-hydrogen) atoms. The average Bonchev–Trinajstić information content (AvgIpc) is 2.99. The van der Waals surface area contributed by atoms with E-state index in [9.17, 15) is 19.2 Å². The largest absolute Gasteiger partial charge is 0.423 e. The fourth-order valence-corrected chi connectivity index (χ4v) is 3.54. The van der Waals surface area contributed by atoms with Gasteiger partial charge in [0, 0.05) is 16.8 Å². The lowest BCUT2D eigenvalue weighted by atomic mass is 10.1. The van der Waals surface area contributed by atoms with Crippen LogP contribution in [0.5, 0.6) is 5.75 Å². The molecule has 0 saturated carbocycles. The van der Waals surface area contributed by atoms with Crippen LogP contribution in [-0.2, 0) is 14.4 Å². The van der Waals surface area contributed by atoms with Gasteiger partial charge in [-0.15, -0.1) is 0 Å². The van der Waals surface area contributed by atoms with E-state index < -0.39 is 23.7 Å². The van der Waals surface area contributed by atoms with Gasteiger partial charge in [-0.25, -0.2) is 10.2 Å². The van der Waals surface area contributed by atoms with Gasteiger partial charge in [-0.05, 0) is 77.9 Å². The van der Waals surface area contributed by atoms with Crippen LogP contribution in [0.3, 0.4) is 0 Å². The molecule has 3 N–H and O–H groups in total. The topological polar surface area (TPSA) is 126 Å². The first-order chi connectivity index (χ1) is 19.9. The van der Waals surface area contributed by atoms with Crippen molar-refractivity contribution in [1.82, 2.24) is 5.43 Å². The van der Waals surface area contributed by atoms with Crippen LogP contribution in [0, 0.1) is 0 Å². The number of hydrogen-bond acceptors (Lipinski definition) is 6. The highest BCUT2D eigenvalue weighted by Crippen LogP contribution is 2.19. The Bertz CT molecular complexity index is 1600. The van der Waals surface area contributed by atoms with Gasteiger partial charge in [0.1, 0.15) is 5.75 Å². The molecule has 0 spiro atoms. The van der Waals surface area contributed by atoms with E-state index in [4.69, 9.17) is 16.3 Å². The summed E-state index contributed by atoms with van der Waals surface area (Å²) in [5, 5.41) is 9.43. The summed E-state index contributed by atoms with van der Waals surface area (Å²) in [5.74, 6) is -2.74. The van der Waals surface area contributed by atoms with Crippen LogP contribution >= 0.6 is 11.6 Å². The molecule has 0 aliphatic heterocycles. The number of carbonyl (C=O) groups is 4. The average molecular weight is 567 g/mol. The lowest BCUT2D eigenvalue weighted by Crippen LogP contribution is -2.33. The molecule has 0 radical (unpaired) electrons. The number of ether oxygens (including phenoxy) is 1. The molecule has 4 aromatic carbocycles. The highest BCUT2D eigenvalue weighted by atomic mass is 35.5. The number of para-hydroxylation sites is 1. The Morgan fingerprint density at radius 2 is 1.39 bits per heavy atom. The predicted molar refractivity (Wildman–Crippen MR) is 158 cm³/mol. The van der Waals surface area contributed by atoms with E-state index >= 15 is 0 Å². The SMILES string of the molecule is O=C(/C=C/c1ccccc1)Oc1ccc(/C=N\NC(=O)C(=O)Nc2ccccc2C(=O)Nc2ccc(Cl)cc2)cc1. The molecule has 0 saturated heterocycles. The number of nitrogens with zero attached hydrogens (tertiary/aromatic N) is 1. The van der Waals surface area contributed by atoms with Crippen molar-refractivity contribution < 1.29 is 23.9 Å². The summed E-state index contributed by atoms with van der Waals surface area (Å²) in [7, 11) is 0. The van der Waals surface area contributed by atoms with Crippen LogP contribution in [-0.4, -0.2) is 29.9 Å². The number of halogens is 1. The second-order valence-corrected chi connectivity index (χ2v) is 8.83. The van der Waals surface area contributed by atoms with Gasteiger partial charge in [-0.2, -0.15) is 5.10 Å². The smallest absolute Gasteiger partial charge is 0.336 e. The van der Waals surface area contributed by atoms with Gasteiger partial charge in [-0.1, -0.05) is 54.1 Å². The number of carbonyl (C=O) groups excluding carboxylic acids is 4. The zero-order valence-electron chi connectivity index (χ0n) is 21.4. The highest BCUT2D eigenvalue weighted by molar-refractivity contribution is 6.40. The molecule has 9 nitrogen and oxygen atoms in total. The first kappa shape index (κ1) is 28.5. The van der Waals surface area contributed by atoms with Crippen molar-refractivity contribution in [1.29, 1.82) is 0 Å². The molecule has 204 valence electrons. The minimum absolute atomic E-state index is 0.145. The summed E-state index contributed by atoms with van der Waals surface area (Å²) in [5.41, 5.74) is 4.40. The Morgan fingerprint density at radius 1 is 0.707 bits per heavy atom. The van der Waals surface area contributed by atoms with Crippen LogP contribution in [0.2, 0.25) is 5.02 Å². The summed E-state index contributed by atoms with van der Waals surface area (Å²) in [6.45, 7) is 0. The maximum absolute atomic E-state index is 12.7. The second-order valence-electron chi connectivity index (χ2n) is 8.39. The van der Waals surface area contributed by atoms with E-state index in [1.165, 1.54) is 24.4 Å². The zero-order chi connectivity index (χ0) is 29.0. The maximum Gasteiger partial charge on any atom is 0.336 e. The Balaban J connectivity index is 1.28. The number of hydrogen-bond donors (Lipinski definition) is 3. The van der Waals surface area contributed by atoms with Gasteiger partial charge in [0.25, 0.3) is 5.91 Å². The van der Waals surface area contributed by atoms with E-state index in [0.717, 1.165) is 5.56 Å². The summed E-state index contributed by atoms with van der Waals surface area (Å²) in [6.07, 6.45) is 4.30. The molecule has 0 heterocycles. The van der Waals surface area contributed by atoms with Crippen LogP contribution < -0.4 is 20.8 Å². The van der Waals surface area contributed by atoms with Gasteiger partial charge < -0.3 is 15.4 Å². The molecule has 0 atom stereocenters. The summed E-state index contributed by atoms with van der Waals surface area (Å²) in [4.78, 5) is 49.4. The summed E-state index contributed by atoms with van der Waals surface area (Å²) < 4.78 is 5.26. The standard InChI is InChI=1S/C31H23ClN4O5/c32-23-13-15-24(16-14-23)34-29(38)26-8-4-5-9-27(26)35-30(39)31(40)36-33-20-22-10-17-25(18-11-22)41-28(37)19-12-21-6-2-1-3-7-21/h1-20H,(H,34,38)(H,35,39)(H,36,40)/b19-12+,33-20-. The fraction of sp³-hybridized carbons (Fsp3) is 0. The van der Waals surface area contributed by atoms with Gasteiger partial charge in [0.15, 0.2) is 0 Å². The van der Waals surface area contributed by atoms with Crippen molar-refractivity contribution in [3.8, 4) is 5.75 Å². The van der Waals surface area contributed by atoms with E-state index in [1.807, 2.05) is 30.3 Å². The van der Waals surface area contributed by atoms with Crippen LogP contribution in [0.1, 0.15) is 21.5 Å². The maximum atomic E-state index is 12.7. The van der Waals surface area contributed by atoms with Crippen LogP contribution in [0.15, 0.2) is 114 Å². The number of anilines is 2. The molecule has 10 heteroatoms. The van der Waals surface area contributed by atoms with Gasteiger partial charge in [-0.3, -0.25) is 14.4 Å². The molecule has 0 aliphatic rings. The second kappa shape index (κ2) is 14.0. The predicted octanol–water partition coefficient (Wildman–Crippen LogP) is 5.30. The lowest BCUT2D eigenvalue weighted by Gasteiger charge is -2.11. The monoisotopic (exact) mass is 566 g/mol. The fourth-order valence-electron chi connectivity index (χ4n) is 3.42. The lowest BCUT2D eigenvalue weighted by molar-refractivity contribution is -0.136. The molecule has 4 aromatic rings. The third-order valence-electron chi connectivity index (χ3n) is 5.42. The molecule has 3 amide bonds. The van der Waals surface area contributed by atoms with Crippen molar-refractivity contribution in [2.24, 2.45) is 5.10 Å². The number of amides is 3. The normalized spacial score (nSPS) is 10.8. The minimum Gasteiger partial charge on any atom is -0.423 e. The van der Waals surface area contributed by atoms with E-state index in [0.29, 0.717) is 22.0 Å². The van der Waals surface area contributed by atoms with Crippen LogP contribution in [0.4, 0.5) is 11.4 Å². The third-order valence-corrected chi connectivity index (χ3v) is 5.67. The van der Waals surface area contributed by atoms with Gasteiger partial charge in [0.2, 0.25) is 0 Å².